The molecule has 1 aromatic heterocycles. The maximum Gasteiger partial charge on any atom is 0.178 e. The number of benzene rings is 1. The maximum absolute atomic E-state index is 13.8. The van der Waals surface area contributed by atoms with Gasteiger partial charge in [0.25, 0.3) is 0 Å². The summed E-state index contributed by atoms with van der Waals surface area (Å²) in [6.07, 6.45) is 0. The molecule has 110 valence electrons. The van der Waals surface area contributed by atoms with Gasteiger partial charge in [-0.05, 0) is 60.9 Å². The molecule has 0 aliphatic heterocycles. The zero-order valence-electron chi connectivity index (χ0n) is 11.9. The van der Waals surface area contributed by atoms with Gasteiger partial charge in [-0.2, -0.15) is 0 Å². The van der Waals surface area contributed by atoms with Crippen molar-refractivity contribution in [3.8, 4) is 0 Å². The smallest absolute Gasteiger partial charge is 0.178 e. The highest BCUT2D eigenvalue weighted by Crippen LogP contribution is 2.24. The lowest BCUT2D eigenvalue weighted by molar-refractivity contribution is 0.262. The average Bonchev–Trinajstić information content (AvgIpc) is 2.71. The Labute approximate surface area is 137 Å². The van der Waals surface area contributed by atoms with E-state index in [1.54, 1.807) is 6.07 Å². The number of fused-ring (bicyclic) bond motifs is 1. The van der Waals surface area contributed by atoms with E-state index in [4.69, 9.17) is 12.2 Å². The van der Waals surface area contributed by atoms with Crippen LogP contribution in [0.3, 0.4) is 0 Å². The van der Waals surface area contributed by atoms with Crippen molar-refractivity contribution in [3.05, 3.63) is 26.3 Å². The summed E-state index contributed by atoms with van der Waals surface area (Å²) in [5.74, 6) is -0.198. The Morgan fingerprint density at radius 3 is 2.65 bits per heavy atom. The highest BCUT2D eigenvalue weighted by atomic mass is 127. The zero-order valence-corrected chi connectivity index (χ0v) is 14.9. The van der Waals surface area contributed by atoms with E-state index in [1.165, 1.54) is 0 Å². The number of halogens is 2. The fourth-order valence-corrected chi connectivity index (χ4v) is 3.35. The molecule has 1 aromatic carbocycles. The fraction of sp³-hybridized carbons (Fsp3) is 0.500. The van der Waals surface area contributed by atoms with Gasteiger partial charge in [-0.3, -0.25) is 0 Å². The number of H-pyrrole nitrogens is 1. The SMILES string of the molecule is CCN(CC)CC(C)n1c(=S)[nH]c2cc(I)c(F)cc21. The van der Waals surface area contributed by atoms with E-state index in [1.807, 2.05) is 33.2 Å². The molecule has 0 amide bonds. The molecule has 0 fully saturated rings. The van der Waals surface area contributed by atoms with Gasteiger partial charge in [-0.1, -0.05) is 13.8 Å². The summed E-state index contributed by atoms with van der Waals surface area (Å²) in [5, 5.41) is 0. The van der Waals surface area contributed by atoms with Crippen LogP contribution in [-0.4, -0.2) is 34.1 Å². The van der Waals surface area contributed by atoms with Crippen molar-refractivity contribution < 1.29 is 4.39 Å². The molecule has 6 heteroatoms. The minimum atomic E-state index is -0.198. The van der Waals surface area contributed by atoms with Crippen molar-refractivity contribution in [3.63, 3.8) is 0 Å². The molecule has 0 aliphatic rings. The van der Waals surface area contributed by atoms with E-state index < -0.39 is 0 Å². The Balaban J connectivity index is 2.45. The van der Waals surface area contributed by atoms with Gasteiger partial charge >= 0.3 is 0 Å². The summed E-state index contributed by atoms with van der Waals surface area (Å²) < 4.78 is 17.1. The highest BCUT2D eigenvalue weighted by Gasteiger charge is 2.15. The molecule has 0 saturated carbocycles. The molecule has 2 rings (SSSR count). The van der Waals surface area contributed by atoms with Gasteiger partial charge in [0.1, 0.15) is 5.82 Å². The topological polar surface area (TPSA) is 24.0 Å². The van der Waals surface area contributed by atoms with Crippen LogP contribution >= 0.6 is 34.8 Å². The number of rotatable bonds is 5. The van der Waals surface area contributed by atoms with Crippen LogP contribution in [-0.2, 0) is 0 Å². The van der Waals surface area contributed by atoms with Crippen molar-refractivity contribution in [2.75, 3.05) is 19.6 Å². The quantitative estimate of drug-likeness (QED) is 0.589. The second-order valence-electron chi connectivity index (χ2n) is 4.92. The van der Waals surface area contributed by atoms with Crippen LogP contribution in [0, 0.1) is 14.2 Å². The number of aromatic amines is 1. The van der Waals surface area contributed by atoms with E-state index in [0.717, 1.165) is 30.7 Å². The van der Waals surface area contributed by atoms with E-state index in [-0.39, 0.29) is 11.9 Å². The number of aromatic nitrogens is 2. The molecule has 0 saturated heterocycles. The Bertz CT molecular complexity index is 660. The van der Waals surface area contributed by atoms with Crippen LogP contribution in [0.1, 0.15) is 26.8 Å². The predicted molar refractivity (Wildman–Crippen MR) is 92.3 cm³/mol. The van der Waals surface area contributed by atoms with Crippen molar-refractivity contribution >= 4 is 45.8 Å². The van der Waals surface area contributed by atoms with Gasteiger partial charge in [-0.25, -0.2) is 4.39 Å². The molecule has 20 heavy (non-hydrogen) atoms. The monoisotopic (exact) mass is 407 g/mol. The molecule has 2 aromatic rings. The van der Waals surface area contributed by atoms with E-state index in [2.05, 4.69) is 30.7 Å². The lowest BCUT2D eigenvalue weighted by Gasteiger charge is -2.24. The first-order valence-electron chi connectivity index (χ1n) is 6.79. The van der Waals surface area contributed by atoms with E-state index >= 15 is 0 Å². The van der Waals surface area contributed by atoms with E-state index in [9.17, 15) is 4.39 Å². The second-order valence-corrected chi connectivity index (χ2v) is 6.47. The molecular formula is C14H19FIN3S. The van der Waals surface area contributed by atoms with Crippen LogP contribution in [0.25, 0.3) is 11.0 Å². The van der Waals surface area contributed by atoms with Gasteiger partial charge in [-0.15, -0.1) is 0 Å². The maximum atomic E-state index is 13.8. The fourth-order valence-electron chi connectivity index (χ4n) is 2.50. The Hall–Kier alpha value is -0.470. The number of nitrogens with one attached hydrogen (secondary N) is 1. The summed E-state index contributed by atoms with van der Waals surface area (Å²) in [6.45, 7) is 9.32. The summed E-state index contributed by atoms with van der Waals surface area (Å²) in [4.78, 5) is 5.51. The minimum absolute atomic E-state index is 0.198. The van der Waals surface area contributed by atoms with Crippen LogP contribution in [0.5, 0.6) is 0 Å². The van der Waals surface area contributed by atoms with Crippen molar-refractivity contribution in [2.24, 2.45) is 0 Å². The number of imidazole rings is 1. The van der Waals surface area contributed by atoms with Crippen molar-refractivity contribution in [1.82, 2.24) is 14.5 Å². The standard InChI is InChI=1S/C14H19FIN3S/c1-4-18(5-2)8-9(3)19-13-6-10(15)11(16)7-12(13)17-14(19)20/h6-7,9H,4-5,8H2,1-3H3,(H,17,20). The third-order valence-corrected chi connectivity index (χ3v) is 4.74. The average molecular weight is 407 g/mol. The highest BCUT2D eigenvalue weighted by molar-refractivity contribution is 14.1. The normalized spacial score (nSPS) is 13.3. The molecule has 1 unspecified atom stereocenters. The van der Waals surface area contributed by atoms with Crippen LogP contribution in [0.4, 0.5) is 4.39 Å². The lowest BCUT2D eigenvalue weighted by Crippen LogP contribution is -2.29. The summed E-state index contributed by atoms with van der Waals surface area (Å²) in [5.41, 5.74) is 1.74. The van der Waals surface area contributed by atoms with Crippen LogP contribution in [0.2, 0.25) is 0 Å². The predicted octanol–water partition coefficient (Wildman–Crippen LogP) is 4.35. The third kappa shape index (κ3) is 3.07. The molecular weight excluding hydrogens is 388 g/mol. The van der Waals surface area contributed by atoms with Crippen LogP contribution in [0.15, 0.2) is 12.1 Å². The first-order valence-corrected chi connectivity index (χ1v) is 8.28. The lowest BCUT2D eigenvalue weighted by atomic mass is 10.2. The summed E-state index contributed by atoms with van der Waals surface area (Å²) in [7, 11) is 0. The van der Waals surface area contributed by atoms with Crippen LogP contribution < -0.4 is 0 Å². The summed E-state index contributed by atoms with van der Waals surface area (Å²) in [6, 6.07) is 3.58. The first kappa shape index (κ1) is 15.9. The number of hydrogen-bond donors (Lipinski definition) is 1. The molecule has 0 spiro atoms. The molecule has 3 nitrogen and oxygen atoms in total. The summed E-state index contributed by atoms with van der Waals surface area (Å²) >= 11 is 7.40. The largest absolute Gasteiger partial charge is 0.331 e. The minimum Gasteiger partial charge on any atom is -0.331 e. The number of nitrogens with zero attached hydrogens (tertiary/aromatic N) is 2. The molecule has 0 aliphatic carbocycles. The van der Waals surface area contributed by atoms with Gasteiger partial charge in [0.2, 0.25) is 0 Å². The first-order chi connectivity index (χ1) is 9.47. The van der Waals surface area contributed by atoms with Gasteiger partial charge in [0, 0.05) is 18.7 Å². The molecule has 1 N–H and O–H groups in total. The molecule has 1 heterocycles. The Morgan fingerprint density at radius 2 is 2.05 bits per heavy atom. The van der Waals surface area contributed by atoms with Gasteiger partial charge < -0.3 is 14.5 Å². The molecule has 1 atom stereocenters. The zero-order chi connectivity index (χ0) is 14.9. The second kappa shape index (κ2) is 6.53. The molecule has 0 bridgehead atoms. The Kier molecular flexibility index (Phi) is 5.19. The Morgan fingerprint density at radius 1 is 1.40 bits per heavy atom. The van der Waals surface area contributed by atoms with Gasteiger partial charge in [0.15, 0.2) is 4.77 Å². The number of hydrogen-bond acceptors (Lipinski definition) is 2. The molecule has 0 radical (unpaired) electrons. The number of likely N-dealkylation sites (N-methyl/N-ethyl adjacent to an activating group) is 1. The van der Waals surface area contributed by atoms with E-state index in [0.29, 0.717) is 8.34 Å². The van der Waals surface area contributed by atoms with Gasteiger partial charge in [0.05, 0.1) is 14.6 Å². The van der Waals surface area contributed by atoms with Crippen molar-refractivity contribution in [2.45, 2.75) is 26.8 Å². The third-order valence-electron chi connectivity index (χ3n) is 3.62. The van der Waals surface area contributed by atoms with Crippen molar-refractivity contribution in [1.29, 1.82) is 0 Å².